The van der Waals surface area contributed by atoms with Gasteiger partial charge in [0.05, 0.1) is 0 Å². The molecule has 0 spiro atoms. The van der Waals surface area contributed by atoms with Crippen LogP contribution in [-0.4, -0.2) is 31.6 Å². The Kier molecular flexibility index (Phi) is 7.36. The average molecular weight is 341 g/mol. The first kappa shape index (κ1) is 19.8. The molecule has 0 saturated carbocycles. The van der Waals surface area contributed by atoms with Gasteiger partial charge in [0.25, 0.3) is 5.91 Å². The van der Waals surface area contributed by atoms with Crippen LogP contribution in [0.5, 0.6) is 5.75 Å². The van der Waals surface area contributed by atoms with Crippen molar-refractivity contribution < 1.29 is 9.53 Å². The molecule has 4 nitrogen and oxygen atoms in total. The Balaban J connectivity index is 0.00000264. The number of nitrogens with one attached hydrogen (secondary N) is 2. The summed E-state index contributed by atoms with van der Waals surface area (Å²) in [6.07, 6.45) is 1.10. The van der Waals surface area contributed by atoms with Crippen LogP contribution >= 0.6 is 12.4 Å². The van der Waals surface area contributed by atoms with E-state index in [2.05, 4.69) is 50.5 Å². The number of benzene rings is 1. The molecule has 1 aliphatic rings. The third-order valence-electron chi connectivity index (χ3n) is 4.26. The first-order valence-corrected chi connectivity index (χ1v) is 8.09. The molecular formula is C18H29ClN2O2. The number of halogens is 1. The number of carbonyl (C=O) groups is 1. The van der Waals surface area contributed by atoms with E-state index in [1.807, 2.05) is 12.1 Å². The predicted octanol–water partition coefficient (Wildman–Crippen LogP) is 2.90. The molecule has 2 rings (SSSR count). The van der Waals surface area contributed by atoms with Crippen molar-refractivity contribution in [2.24, 2.45) is 5.92 Å². The van der Waals surface area contributed by atoms with E-state index in [4.69, 9.17) is 4.74 Å². The summed E-state index contributed by atoms with van der Waals surface area (Å²) >= 11 is 0. The SMILES string of the molecule is CC1CCNCC1NC(=O)COc1ccc(C(C)(C)C)cc1.Cl. The lowest BCUT2D eigenvalue weighted by Crippen LogP contribution is -2.51. The van der Waals surface area contributed by atoms with E-state index in [1.165, 1.54) is 5.56 Å². The van der Waals surface area contributed by atoms with Gasteiger partial charge in [0.1, 0.15) is 5.75 Å². The van der Waals surface area contributed by atoms with E-state index in [0.29, 0.717) is 5.92 Å². The highest BCUT2D eigenvalue weighted by Gasteiger charge is 2.22. The zero-order valence-electron chi connectivity index (χ0n) is 14.5. The Bertz CT molecular complexity index is 497. The molecule has 1 fully saturated rings. The Morgan fingerprint density at radius 2 is 1.96 bits per heavy atom. The summed E-state index contributed by atoms with van der Waals surface area (Å²) in [7, 11) is 0. The van der Waals surface area contributed by atoms with Crippen molar-refractivity contribution >= 4 is 18.3 Å². The maximum Gasteiger partial charge on any atom is 0.258 e. The Morgan fingerprint density at radius 3 is 2.52 bits per heavy atom. The van der Waals surface area contributed by atoms with E-state index in [1.54, 1.807) is 0 Å². The van der Waals surface area contributed by atoms with Crippen molar-refractivity contribution in [1.82, 2.24) is 10.6 Å². The second-order valence-electron chi connectivity index (χ2n) is 7.21. The summed E-state index contributed by atoms with van der Waals surface area (Å²) in [5.74, 6) is 1.19. The van der Waals surface area contributed by atoms with Gasteiger partial charge in [-0.25, -0.2) is 0 Å². The minimum absolute atomic E-state index is 0. The van der Waals surface area contributed by atoms with Gasteiger partial charge in [0.15, 0.2) is 6.61 Å². The largest absolute Gasteiger partial charge is 0.484 e. The Labute approximate surface area is 145 Å². The van der Waals surface area contributed by atoms with Crippen molar-refractivity contribution in [3.8, 4) is 5.75 Å². The van der Waals surface area contributed by atoms with Gasteiger partial charge < -0.3 is 15.4 Å². The molecule has 130 valence electrons. The maximum atomic E-state index is 12.0. The van der Waals surface area contributed by atoms with E-state index < -0.39 is 0 Å². The molecule has 0 aliphatic carbocycles. The molecule has 1 aliphatic heterocycles. The van der Waals surface area contributed by atoms with Crippen LogP contribution in [0.1, 0.15) is 39.7 Å². The van der Waals surface area contributed by atoms with Crippen molar-refractivity contribution in [3.63, 3.8) is 0 Å². The molecule has 1 amide bonds. The zero-order valence-corrected chi connectivity index (χ0v) is 15.3. The van der Waals surface area contributed by atoms with Crippen LogP contribution in [0.4, 0.5) is 0 Å². The molecule has 0 radical (unpaired) electrons. The molecule has 1 aromatic rings. The van der Waals surface area contributed by atoms with Crippen LogP contribution in [0.2, 0.25) is 0 Å². The summed E-state index contributed by atoms with van der Waals surface area (Å²) < 4.78 is 5.58. The molecule has 5 heteroatoms. The van der Waals surface area contributed by atoms with Gasteiger partial charge in [-0.15, -0.1) is 12.4 Å². The quantitative estimate of drug-likeness (QED) is 0.886. The van der Waals surface area contributed by atoms with Crippen LogP contribution < -0.4 is 15.4 Å². The van der Waals surface area contributed by atoms with Crippen molar-refractivity contribution in [2.75, 3.05) is 19.7 Å². The summed E-state index contributed by atoms with van der Waals surface area (Å²) in [6, 6.07) is 8.17. The lowest BCUT2D eigenvalue weighted by Gasteiger charge is -2.30. The highest BCUT2D eigenvalue weighted by molar-refractivity contribution is 5.85. The summed E-state index contributed by atoms with van der Waals surface area (Å²) in [5.41, 5.74) is 1.38. The normalized spacial score (nSPS) is 21.2. The highest BCUT2D eigenvalue weighted by Crippen LogP contribution is 2.24. The second kappa shape index (κ2) is 8.55. The number of ether oxygens (including phenoxy) is 1. The van der Waals surface area contributed by atoms with Crippen LogP contribution in [0.3, 0.4) is 0 Å². The minimum atomic E-state index is -0.0551. The van der Waals surface area contributed by atoms with Gasteiger partial charge in [-0.2, -0.15) is 0 Å². The van der Waals surface area contributed by atoms with Crippen LogP contribution in [-0.2, 0) is 10.2 Å². The Morgan fingerprint density at radius 1 is 1.30 bits per heavy atom. The van der Waals surface area contributed by atoms with Gasteiger partial charge in [-0.1, -0.05) is 39.8 Å². The van der Waals surface area contributed by atoms with Gasteiger partial charge >= 0.3 is 0 Å². The van der Waals surface area contributed by atoms with E-state index in [-0.39, 0.29) is 36.4 Å². The van der Waals surface area contributed by atoms with Crippen molar-refractivity contribution in [3.05, 3.63) is 29.8 Å². The van der Waals surface area contributed by atoms with Crippen LogP contribution in [0.15, 0.2) is 24.3 Å². The molecule has 2 unspecified atom stereocenters. The molecular weight excluding hydrogens is 312 g/mol. The smallest absolute Gasteiger partial charge is 0.258 e. The van der Waals surface area contributed by atoms with Gasteiger partial charge in [0, 0.05) is 12.6 Å². The topological polar surface area (TPSA) is 50.4 Å². The monoisotopic (exact) mass is 340 g/mol. The number of hydrogen-bond donors (Lipinski definition) is 2. The number of rotatable bonds is 4. The fourth-order valence-corrected chi connectivity index (χ4v) is 2.63. The first-order valence-electron chi connectivity index (χ1n) is 8.09. The van der Waals surface area contributed by atoms with Gasteiger partial charge in [0.2, 0.25) is 0 Å². The molecule has 1 aromatic carbocycles. The number of amides is 1. The molecule has 0 bridgehead atoms. The fourth-order valence-electron chi connectivity index (χ4n) is 2.63. The molecule has 1 saturated heterocycles. The van der Waals surface area contributed by atoms with Gasteiger partial charge in [-0.3, -0.25) is 4.79 Å². The number of piperidine rings is 1. The van der Waals surface area contributed by atoms with Crippen LogP contribution in [0.25, 0.3) is 0 Å². The first-order chi connectivity index (χ1) is 10.4. The van der Waals surface area contributed by atoms with Crippen molar-refractivity contribution in [2.45, 2.75) is 45.6 Å². The second-order valence-corrected chi connectivity index (χ2v) is 7.21. The maximum absolute atomic E-state index is 12.0. The van der Waals surface area contributed by atoms with E-state index in [0.717, 1.165) is 25.3 Å². The zero-order chi connectivity index (χ0) is 16.2. The average Bonchev–Trinajstić information content (AvgIpc) is 2.47. The number of hydrogen-bond acceptors (Lipinski definition) is 3. The lowest BCUT2D eigenvalue weighted by molar-refractivity contribution is -0.124. The molecule has 2 N–H and O–H groups in total. The van der Waals surface area contributed by atoms with Crippen LogP contribution in [0, 0.1) is 5.92 Å². The minimum Gasteiger partial charge on any atom is -0.484 e. The summed E-state index contributed by atoms with van der Waals surface area (Å²) in [5, 5.41) is 6.36. The van der Waals surface area contributed by atoms with Gasteiger partial charge in [-0.05, 0) is 42.0 Å². The summed E-state index contributed by atoms with van der Waals surface area (Å²) in [6.45, 7) is 10.6. The molecule has 23 heavy (non-hydrogen) atoms. The predicted molar refractivity (Wildman–Crippen MR) is 96.5 cm³/mol. The third kappa shape index (κ3) is 6.04. The standard InChI is InChI=1S/C18H28N2O2.ClH/c1-13-9-10-19-11-16(13)20-17(21)12-22-15-7-5-14(6-8-15)18(2,3)4;/h5-8,13,16,19H,9-12H2,1-4H3,(H,20,21);1H. The lowest BCUT2D eigenvalue weighted by atomic mass is 9.87. The highest BCUT2D eigenvalue weighted by atomic mass is 35.5. The molecule has 1 heterocycles. The third-order valence-corrected chi connectivity index (χ3v) is 4.26. The van der Waals surface area contributed by atoms with E-state index in [9.17, 15) is 4.79 Å². The molecule has 2 atom stereocenters. The fraction of sp³-hybridized carbons (Fsp3) is 0.611. The molecule has 0 aromatic heterocycles. The number of carbonyl (C=O) groups excluding carboxylic acids is 1. The van der Waals surface area contributed by atoms with Crippen molar-refractivity contribution in [1.29, 1.82) is 0 Å². The van der Waals surface area contributed by atoms with E-state index >= 15 is 0 Å². The summed E-state index contributed by atoms with van der Waals surface area (Å²) in [4.78, 5) is 12.0. The Hall–Kier alpha value is -1.26.